The number of fused-ring (bicyclic) bond motifs is 2. The SMILES string of the molecule is CC(C)(O)c1c2c(c([N+](=O)[O-])c3c1OCC3)OCC2. The Hall–Kier alpha value is -1.82. The van der Waals surface area contributed by atoms with Gasteiger partial charge in [0.05, 0.1) is 29.3 Å². The molecule has 0 aromatic heterocycles. The highest BCUT2D eigenvalue weighted by Gasteiger charge is 2.41. The van der Waals surface area contributed by atoms with Crippen molar-refractivity contribution in [2.45, 2.75) is 32.3 Å². The largest absolute Gasteiger partial charge is 0.492 e. The highest BCUT2D eigenvalue weighted by Crippen LogP contribution is 2.51. The molecule has 0 aliphatic carbocycles. The van der Waals surface area contributed by atoms with Gasteiger partial charge in [-0.15, -0.1) is 0 Å². The van der Waals surface area contributed by atoms with Crippen molar-refractivity contribution in [1.82, 2.24) is 0 Å². The van der Waals surface area contributed by atoms with Gasteiger partial charge in [0, 0.05) is 24.0 Å². The van der Waals surface area contributed by atoms with Gasteiger partial charge >= 0.3 is 5.69 Å². The lowest BCUT2D eigenvalue weighted by Crippen LogP contribution is -2.19. The molecule has 0 saturated heterocycles. The molecule has 0 saturated carbocycles. The van der Waals surface area contributed by atoms with Gasteiger partial charge in [-0.3, -0.25) is 10.1 Å². The van der Waals surface area contributed by atoms with Crippen LogP contribution in [-0.2, 0) is 18.4 Å². The van der Waals surface area contributed by atoms with Crippen LogP contribution in [0.4, 0.5) is 5.69 Å². The Labute approximate surface area is 110 Å². The van der Waals surface area contributed by atoms with Crippen molar-refractivity contribution in [2.24, 2.45) is 0 Å². The lowest BCUT2D eigenvalue weighted by Gasteiger charge is -2.23. The average molecular weight is 265 g/mol. The van der Waals surface area contributed by atoms with E-state index in [0.29, 0.717) is 54.2 Å². The topological polar surface area (TPSA) is 81.8 Å². The highest BCUT2D eigenvalue weighted by molar-refractivity contribution is 5.70. The minimum absolute atomic E-state index is 0.00741. The lowest BCUT2D eigenvalue weighted by atomic mass is 9.88. The molecule has 1 aromatic carbocycles. The number of benzene rings is 1. The van der Waals surface area contributed by atoms with Crippen molar-refractivity contribution in [1.29, 1.82) is 0 Å². The highest BCUT2D eigenvalue weighted by atomic mass is 16.6. The van der Waals surface area contributed by atoms with E-state index in [2.05, 4.69) is 0 Å². The molecule has 2 heterocycles. The van der Waals surface area contributed by atoms with Gasteiger partial charge < -0.3 is 14.6 Å². The smallest absolute Gasteiger partial charge is 0.318 e. The quantitative estimate of drug-likeness (QED) is 0.650. The van der Waals surface area contributed by atoms with Crippen molar-refractivity contribution in [2.75, 3.05) is 13.2 Å². The summed E-state index contributed by atoms with van der Waals surface area (Å²) >= 11 is 0. The lowest BCUT2D eigenvalue weighted by molar-refractivity contribution is -0.386. The van der Waals surface area contributed by atoms with E-state index < -0.39 is 10.5 Å². The van der Waals surface area contributed by atoms with Crippen molar-refractivity contribution in [3.8, 4) is 11.5 Å². The zero-order valence-electron chi connectivity index (χ0n) is 10.9. The molecule has 0 radical (unpaired) electrons. The predicted molar refractivity (Wildman–Crippen MR) is 66.7 cm³/mol. The zero-order chi connectivity index (χ0) is 13.8. The molecule has 1 aromatic rings. The molecule has 0 unspecified atom stereocenters. The Morgan fingerprint density at radius 1 is 1.16 bits per heavy atom. The van der Waals surface area contributed by atoms with Crippen LogP contribution in [0.5, 0.6) is 11.5 Å². The molecule has 19 heavy (non-hydrogen) atoms. The second-order valence-corrected chi connectivity index (χ2v) is 5.35. The van der Waals surface area contributed by atoms with Crippen LogP contribution in [0.1, 0.15) is 30.5 Å². The van der Waals surface area contributed by atoms with Crippen LogP contribution in [0.2, 0.25) is 0 Å². The first-order chi connectivity index (χ1) is 8.91. The third-order valence-electron chi connectivity index (χ3n) is 3.57. The van der Waals surface area contributed by atoms with E-state index in [0.717, 1.165) is 0 Å². The van der Waals surface area contributed by atoms with E-state index in [1.54, 1.807) is 13.8 Å². The fraction of sp³-hybridized carbons (Fsp3) is 0.538. The van der Waals surface area contributed by atoms with Gasteiger partial charge in [0.15, 0.2) is 0 Å². The number of hydrogen-bond acceptors (Lipinski definition) is 5. The van der Waals surface area contributed by atoms with E-state index >= 15 is 0 Å². The van der Waals surface area contributed by atoms with E-state index in [4.69, 9.17) is 9.47 Å². The van der Waals surface area contributed by atoms with Gasteiger partial charge in [-0.05, 0) is 13.8 Å². The number of ether oxygens (including phenoxy) is 2. The van der Waals surface area contributed by atoms with Gasteiger partial charge in [-0.2, -0.15) is 0 Å². The van der Waals surface area contributed by atoms with Gasteiger partial charge in [0.2, 0.25) is 5.75 Å². The first-order valence-corrected chi connectivity index (χ1v) is 6.26. The van der Waals surface area contributed by atoms with Gasteiger partial charge in [-0.1, -0.05) is 0 Å². The second-order valence-electron chi connectivity index (χ2n) is 5.35. The van der Waals surface area contributed by atoms with Crippen LogP contribution < -0.4 is 9.47 Å². The second kappa shape index (κ2) is 3.84. The van der Waals surface area contributed by atoms with E-state index in [-0.39, 0.29) is 5.69 Å². The summed E-state index contributed by atoms with van der Waals surface area (Å²) in [4.78, 5) is 10.9. The molecular weight excluding hydrogens is 250 g/mol. The first-order valence-electron chi connectivity index (χ1n) is 6.26. The minimum Gasteiger partial charge on any atom is -0.492 e. The standard InChI is InChI=1S/C13H15NO5/c1-13(2,15)9-7-3-5-19-12(7)10(14(16)17)8-4-6-18-11(8)9/h15H,3-6H2,1-2H3. The molecule has 1 N–H and O–H groups in total. The summed E-state index contributed by atoms with van der Waals surface area (Å²) in [6.07, 6.45) is 1.04. The van der Waals surface area contributed by atoms with Crippen molar-refractivity contribution < 1.29 is 19.5 Å². The number of rotatable bonds is 2. The Bertz CT molecular complexity index is 538. The van der Waals surface area contributed by atoms with E-state index in [1.165, 1.54) is 0 Å². The molecule has 2 aliphatic heterocycles. The molecule has 2 aliphatic rings. The summed E-state index contributed by atoms with van der Waals surface area (Å²) in [5.74, 6) is 0.787. The summed E-state index contributed by atoms with van der Waals surface area (Å²) in [6, 6.07) is 0. The number of nitrogens with zero attached hydrogens (tertiary/aromatic N) is 1. The number of nitro benzene ring substituents is 1. The summed E-state index contributed by atoms with van der Waals surface area (Å²) in [5, 5.41) is 21.6. The van der Waals surface area contributed by atoms with Crippen molar-refractivity contribution in [3.05, 3.63) is 26.8 Å². The fourth-order valence-corrected chi connectivity index (χ4v) is 2.92. The summed E-state index contributed by atoms with van der Waals surface area (Å²) in [5.41, 5.74) is 0.787. The summed E-state index contributed by atoms with van der Waals surface area (Å²) in [6.45, 7) is 4.13. The van der Waals surface area contributed by atoms with Crippen LogP contribution in [-0.4, -0.2) is 23.2 Å². The van der Waals surface area contributed by atoms with E-state index in [9.17, 15) is 15.2 Å². The number of nitro groups is 1. The first kappa shape index (κ1) is 12.2. The molecule has 0 amide bonds. The Kier molecular flexibility index (Phi) is 2.47. The predicted octanol–water partition coefficient (Wildman–Crippen LogP) is 1.69. The molecule has 6 nitrogen and oxygen atoms in total. The van der Waals surface area contributed by atoms with Crippen LogP contribution in [0.25, 0.3) is 0 Å². The summed E-state index contributed by atoms with van der Waals surface area (Å²) < 4.78 is 11.0. The Morgan fingerprint density at radius 2 is 1.74 bits per heavy atom. The molecule has 6 heteroatoms. The van der Waals surface area contributed by atoms with Crippen molar-refractivity contribution >= 4 is 5.69 Å². The number of aliphatic hydroxyl groups is 1. The average Bonchev–Trinajstić information content (AvgIpc) is 2.89. The van der Waals surface area contributed by atoms with Gasteiger partial charge in [0.25, 0.3) is 0 Å². The fourth-order valence-electron chi connectivity index (χ4n) is 2.92. The van der Waals surface area contributed by atoms with Crippen LogP contribution in [0.3, 0.4) is 0 Å². The molecular formula is C13H15NO5. The van der Waals surface area contributed by atoms with Gasteiger partial charge in [0.1, 0.15) is 5.75 Å². The number of hydrogen-bond donors (Lipinski definition) is 1. The maximum Gasteiger partial charge on any atom is 0.318 e. The maximum atomic E-state index is 11.3. The molecule has 0 bridgehead atoms. The summed E-state index contributed by atoms with van der Waals surface area (Å²) in [7, 11) is 0. The molecule has 0 fully saturated rings. The Balaban J connectivity index is 2.38. The third kappa shape index (κ3) is 1.67. The Morgan fingerprint density at radius 3 is 2.32 bits per heavy atom. The van der Waals surface area contributed by atoms with Crippen LogP contribution in [0.15, 0.2) is 0 Å². The maximum absolute atomic E-state index is 11.3. The zero-order valence-corrected chi connectivity index (χ0v) is 10.9. The normalized spacial score (nSPS) is 16.6. The molecule has 0 atom stereocenters. The third-order valence-corrected chi connectivity index (χ3v) is 3.57. The van der Waals surface area contributed by atoms with Gasteiger partial charge in [-0.25, -0.2) is 0 Å². The molecule has 3 rings (SSSR count). The molecule has 0 spiro atoms. The van der Waals surface area contributed by atoms with E-state index in [1.807, 2.05) is 0 Å². The minimum atomic E-state index is -1.11. The molecule has 102 valence electrons. The van der Waals surface area contributed by atoms with Crippen LogP contribution in [0, 0.1) is 10.1 Å². The van der Waals surface area contributed by atoms with Crippen molar-refractivity contribution in [3.63, 3.8) is 0 Å². The van der Waals surface area contributed by atoms with Crippen LogP contribution >= 0.6 is 0 Å². The monoisotopic (exact) mass is 265 g/mol.